The molecule has 7 heterocycles. The van der Waals surface area contributed by atoms with Crippen LogP contribution in [0.2, 0.25) is 0 Å². The van der Waals surface area contributed by atoms with Crippen molar-refractivity contribution in [2.45, 2.75) is 81.9 Å². The third kappa shape index (κ3) is 3.69. The van der Waals surface area contributed by atoms with Crippen molar-refractivity contribution in [3.05, 3.63) is 57.7 Å². The molecule has 0 bridgehead atoms. The van der Waals surface area contributed by atoms with Gasteiger partial charge in [0.2, 0.25) is 17.4 Å². The maximum absolute atomic E-state index is 12.7. The molecular formula is C33H40N5O6S+. The Balaban J connectivity index is 1.25. The van der Waals surface area contributed by atoms with Crippen molar-refractivity contribution in [2.24, 2.45) is 17.8 Å². The number of rotatable bonds is 11. The molecule has 0 radical (unpaired) electrons. The Bertz CT molecular complexity index is 1710. The number of H-pyrrole nitrogens is 1. The van der Waals surface area contributed by atoms with E-state index in [2.05, 4.69) is 40.1 Å². The fraction of sp³-hybridized carbons (Fsp3) is 0.515. The molecule has 6 aliphatic heterocycles. The third-order valence-electron chi connectivity index (χ3n) is 11.7. The normalized spacial score (nSPS) is 39.2. The van der Waals surface area contributed by atoms with Crippen molar-refractivity contribution >= 4 is 48.5 Å². The minimum Gasteiger partial charge on any atom is -0.481 e. The first-order valence-electron chi connectivity index (χ1n) is 15.6. The second-order valence-corrected chi connectivity index (χ2v) is 14.5. The van der Waals surface area contributed by atoms with Crippen LogP contribution in [-0.4, -0.2) is 78.5 Å². The van der Waals surface area contributed by atoms with Crippen molar-refractivity contribution < 1.29 is 33.9 Å². The van der Waals surface area contributed by atoms with Gasteiger partial charge in [-0.2, -0.15) is 12.6 Å². The molecule has 3 spiro atoms. The number of aliphatic carboxylic acids is 2. The van der Waals surface area contributed by atoms with E-state index in [1.807, 2.05) is 39.8 Å². The van der Waals surface area contributed by atoms with Gasteiger partial charge in [0.25, 0.3) is 5.66 Å². The minimum absolute atomic E-state index is 0.0262. The fourth-order valence-corrected chi connectivity index (χ4v) is 9.94. The van der Waals surface area contributed by atoms with Crippen molar-refractivity contribution in [1.29, 1.82) is 0 Å². The highest BCUT2D eigenvalue weighted by atomic mass is 32.1. The first-order chi connectivity index (χ1) is 21.3. The van der Waals surface area contributed by atoms with Crippen molar-refractivity contribution in [1.82, 2.24) is 20.9 Å². The van der Waals surface area contributed by atoms with E-state index in [9.17, 15) is 29.4 Å². The van der Waals surface area contributed by atoms with E-state index in [1.165, 1.54) is 0 Å². The van der Waals surface area contributed by atoms with E-state index in [0.717, 1.165) is 56.1 Å². The van der Waals surface area contributed by atoms with E-state index < -0.39 is 11.9 Å². The summed E-state index contributed by atoms with van der Waals surface area (Å²) in [6.07, 6.45) is 6.23. The predicted octanol–water partition coefficient (Wildman–Crippen LogP) is 2.47. The van der Waals surface area contributed by atoms with Gasteiger partial charge in [0.05, 0.1) is 0 Å². The molecule has 2 amide bonds. The topological polar surface area (TPSA) is 161 Å². The van der Waals surface area contributed by atoms with Gasteiger partial charge in [-0.05, 0) is 61.1 Å². The first-order valence-corrected chi connectivity index (χ1v) is 16.1. The number of aromatic amines is 1. The van der Waals surface area contributed by atoms with Crippen LogP contribution in [0.5, 0.6) is 0 Å². The van der Waals surface area contributed by atoms with E-state index in [0.29, 0.717) is 12.8 Å². The number of carbonyl (C=O) groups is 4. The lowest BCUT2D eigenvalue weighted by Crippen LogP contribution is -2.44. The van der Waals surface area contributed by atoms with Crippen LogP contribution in [-0.2, 0) is 25.6 Å². The number of aromatic nitrogens is 1. The van der Waals surface area contributed by atoms with E-state index in [4.69, 9.17) is 0 Å². The van der Waals surface area contributed by atoms with Gasteiger partial charge in [-0.15, -0.1) is 6.58 Å². The lowest BCUT2D eigenvalue weighted by molar-refractivity contribution is -0.628. The number of allylic oxidation sites excluding steroid dienone is 2. The zero-order valence-electron chi connectivity index (χ0n) is 25.9. The van der Waals surface area contributed by atoms with Gasteiger partial charge in [0, 0.05) is 52.7 Å². The Morgan fingerprint density at radius 2 is 1.80 bits per heavy atom. The molecule has 6 N–H and O–H groups in total. The van der Waals surface area contributed by atoms with Gasteiger partial charge in [-0.3, -0.25) is 29.0 Å². The third-order valence-corrected chi connectivity index (χ3v) is 12.1. The van der Waals surface area contributed by atoms with E-state index in [1.54, 1.807) is 6.08 Å². The van der Waals surface area contributed by atoms with E-state index in [-0.39, 0.29) is 70.9 Å². The van der Waals surface area contributed by atoms with Crippen LogP contribution in [0.1, 0.15) is 62.5 Å². The summed E-state index contributed by atoms with van der Waals surface area (Å²) in [5.74, 6) is -2.29. The summed E-state index contributed by atoms with van der Waals surface area (Å²) in [6.45, 7) is 12.7. The molecule has 7 rings (SSSR count). The number of carbonyl (C=O) groups excluding carboxylic acids is 2. The van der Waals surface area contributed by atoms with Crippen LogP contribution in [0.15, 0.2) is 35.2 Å². The molecule has 3 unspecified atom stereocenters. The number of hydrogen-bond acceptors (Lipinski definition) is 6. The second-order valence-electron chi connectivity index (χ2n) is 13.7. The summed E-state index contributed by atoms with van der Waals surface area (Å²) in [4.78, 5) is 52.0. The SMILES string of the molecule is C=CC1C(=O)N[C@]23C(C4N/C(=C\c5[nH]c(/C=C6\NC(=O)[C@H](C)[C@H]6[C@@H](C)S)c(C)c5CCC(=O)O)C(CCC(=O)O)=C4C)[N@@+]24C[C@@]134. The summed E-state index contributed by atoms with van der Waals surface area (Å²) in [6, 6.07) is 0.106. The summed E-state index contributed by atoms with van der Waals surface area (Å²) in [5, 5.41) is 29.0. The lowest BCUT2D eigenvalue weighted by Gasteiger charge is -2.17. The van der Waals surface area contributed by atoms with Crippen molar-refractivity contribution in [2.75, 3.05) is 6.54 Å². The molecule has 12 heteroatoms. The lowest BCUT2D eigenvalue weighted by atomic mass is 9.86. The zero-order valence-corrected chi connectivity index (χ0v) is 26.8. The van der Waals surface area contributed by atoms with Crippen LogP contribution in [0.3, 0.4) is 0 Å². The molecule has 0 aliphatic carbocycles. The predicted molar refractivity (Wildman–Crippen MR) is 169 cm³/mol. The number of amides is 2. The average Bonchev–Trinajstić information content (AvgIpc) is 3.72. The zero-order chi connectivity index (χ0) is 32.4. The molecule has 1 aromatic rings. The number of quaternary nitrogens is 1. The monoisotopic (exact) mass is 634 g/mol. The smallest absolute Gasteiger partial charge is 0.303 e. The fourth-order valence-electron chi connectivity index (χ4n) is 9.52. The van der Waals surface area contributed by atoms with Gasteiger partial charge in [0.15, 0.2) is 6.04 Å². The highest BCUT2D eigenvalue weighted by Gasteiger charge is 3.29. The maximum atomic E-state index is 12.7. The Hall–Kier alpha value is -3.77. The van der Waals surface area contributed by atoms with Crippen LogP contribution in [0, 0.1) is 24.7 Å². The Kier molecular flexibility index (Phi) is 6.39. The molecule has 0 aromatic carbocycles. The van der Waals surface area contributed by atoms with Gasteiger partial charge in [0.1, 0.15) is 18.5 Å². The number of hydrogen-bond donors (Lipinski definition) is 7. The molecule has 11 nitrogen and oxygen atoms in total. The molecule has 0 saturated carbocycles. The number of thiol groups is 1. The average molecular weight is 635 g/mol. The van der Waals surface area contributed by atoms with Gasteiger partial charge >= 0.3 is 11.9 Å². The molecule has 5 fully saturated rings. The molecular weight excluding hydrogens is 594 g/mol. The largest absolute Gasteiger partial charge is 0.481 e. The quantitative estimate of drug-likeness (QED) is 0.0852. The van der Waals surface area contributed by atoms with Crippen LogP contribution in [0.4, 0.5) is 0 Å². The number of nitrogens with zero attached hydrogens (tertiary/aromatic N) is 1. The molecule has 45 heavy (non-hydrogen) atoms. The Labute approximate surface area is 266 Å². The highest BCUT2D eigenvalue weighted by Crippen LogP contribution is 2.95. The number of nitrogens with one attached hydrogen (secondary N) is 4. The second kappa shape index (κ2) is 9.62. The Morgan fingerprint density at radius 3 is 2.44 bits per heavy atom. The van der Waals surface area contributed by atoms with E-state index >= 15 is 0 Å². The van der Waals surface area contributed by atoms with Gasteiger partial charge in [-0.1, -0.05) is 19.9 Å². The summed E-state index contributed by atoms with van der Waals surface area (Å²) in [5.41, 5.74) is 6.52. The Morgan fingerprint density at radius 1 is 1.11 bits per heavy atom. The van der Waals surface area contributed by atoms with Crippen molar-refractivity contribution in [3.8, 4) is 0 Å². The van der Waals surface area contributed by atoms with Crippen molar-refractivity contribution in [3.63, 3.8) is 0 Å². The van der Waals surface area contributed by atoms with Crippen LogP contribution < -0.4 is 16.0 Å². The minimum atomic E-state index is -0.902. The van der Waals surface area contributed by atoms with Crippen LogP contribution in [0.25, 0.3) is 12.2 Å². The molecule has 6 aliphatic rings. The molecule has 9 atom stereocenters. The number of carboxylic acid groups (broad SMARTS) is 2. The standard InChI is InChI=1S/C33H39N5O6S/c1-6-20-31(44)37-33-29(38(33)13-32(20,33)38)28-15(3)19(8-10-26(41)42)23(35-28)12-22-18(7-9-25(39)40)14(2)21(34-22)11-24-27(17(5)45)16(4)30(43)36-24/h6,11-12,16-17,20,27-29,34-35H,1,7-10,13H2,2-5H3,(H4-,36,37,39,40,41,42,43,44,45)/p+1/b23-12-,24-11-/t16-,17-,20?,27+,28?,29?,32-,33-,38-/m1/s1. The summed E-state index contributed by atoms with van der Waals surface area (Å²) >= 11 is 4.64. The van der Waals surface area contributed by atoms with Crippen LogP contribution >= 0.6 is 12.6 Å². The first kappa shape index (κ1) is 29.9. The highest BCUT2D eigenvalue weighted by molar-refractivity contribution is 7.80. The van der Waals surface area contributed by atoms with Gasteiger partial charge < -0.3 is 25.8 Å². The molecule has 5 saturated heterocycles. The summed E-state index contributed by atoms with van der Waals surface area (Å²) < 4.78 is 0.870. The summed E-state index contributed by atoms with van der Waals surface area (Å²) in [7, 11) is 0. The molecule has 238 valence electrons. The van der Waals surface area contributed by atoms with Gasteiger partial charge in [-0.25, -0.2) is 0 Å². The number of carboxylic acids is 2. The maximum Gasteiger partial charge on any atom is 0.303 e. The molecule has 1 aromatic heterocycles.